The zero-order chi connectivity index (χ0) is 22.5. The predicted molar refractivity (Wildman–Crippen MR) is 122 cm³/mol. The second-order valence-electron chi connectivity index (χ2n) is 7.79. The Balaban J connectivity index is 1.71. The van der Waals surface area contributed by atoms with Gasteiger partial charge in [-0.25, -0.2) is 0 Å². The van der Waals surface area contributed by atoms with E-state index in [2.05, 4.69) is 4.98 Å². The van der Waals surface area contributed by atoms with E-state index in [1.54, 1.807) is 18.3 Å². The third-order valence-electron chi connectivity index (χ3n) is 5.14. The van der Waals surface area contributed by atoms with Crippen LogP contribution >= 0.6 is 0 Å². The molecule has 164 valence electrons. The minimum absolute atomic E-state index is 0.0611. The van der Waals surface area contributed by atoms with Crippen LogP contribution in [0.3, 0.4) is 0 Å². The van der Waals surface area contributed by atoms with E-state index < -0.39 is 0 Å². The zero-order valence-corrected chi connectivity index (χ0v) is 18.1. The van der Waals surface area contributed by atoms with Gasteiger partial charge in [0.1, 0.15) is 41.4 Å². The second kappa shape index (κ2) is 9.66. The lowest BCUT2D eigenvalue weighted by Gasteiger charge is -2.14. The molecule has 2 heterocycles. The minimum atomic E-state index is -0.170. The Morgan fingerprint density at radius 3 is 2.47 bits per heavy atom. The van der Waals surface area contributed by atoms with E-state index in [9.17, 15) is 9.90 Å². The monoisotopic (exact) mass is 431 g/mol. The van der Waals surface area contributed by atoms with Crippen LogP contribution in [-0.4, -0.2) is 10.1 Å². The highest BCUT2D eigenvalue weighted by Gasteiger charge is 2.16. The smallest absolute Gasteiger partial charge is 0.196 e. The lowest BCUT2D eigenvalue weighted by molar-refractivity contribution is 0.268. The van der Waals surface area contributed by atoms with Crippen molar-refractivity contribution in [3.05, 3.63) is 99.7 Å². The first-order chi connectivity index (χ1) is 15.5. The predicted octanol–water partition coefficient (Wildman–Crippen LogP) is 4.96. The van der Waals surface area contributed by atoms with Crippen LogP contribution in [0.15, 0.2) is 76.1 Å². The van der Waals surface area contributed by atoms with Crippen molar-refractivity contribution >= 4 is 11.0 Å². The van der Waals surface area contributed by atoms with Crippen LogP contribution in [0.25, 0.3) is 11.0 Å². The molecule has 0 radical (unpaired) electrons. The number of aliphatic hydroxyl groups excluding tert-OH is 1. The van der Waals surface area contributed by atoms with Crippen LogP contribution in [0.1, 0.15) is 42.3 Å². The van der Waals surface area contributed by atoms with Gasteiger partial charge in [0, 0.05) is 30.3 Å². The standard InChI is InChI=1S/C26H25NO5/c1-17(2)23-13-22(29)26-24(31-15-19-8-4-3-7-18(19)14-28)11-21(12-25(26)32-23)30-16-20-9-5-6-10-27-20/h3-13,17,28H,14-16H2,1-2H3. The fraction of sp³-hybridized carbons (Fsp3) is 0.231. The molecule has 0 bridgehead atoms. The molecule has 0 fully saturated rings. The third kappa shape index (κ3) is 4.81. The van der Waals surface area contributed by atoms with E-state index in [1.165, 1.54) is 6.07 Å². The summed E-state index contributed by atoms with van der Waals surface area (Å²) >= 11 is 0. The van der Waals surface area contributed by atoms with Gasteiger partial charge in [0.15, 0.2) is 5.43 Å². The van der Waals surface area contributed by atoms with Crippen LogP contribution in [0, 0.1) is 0 Å². The maximum Gasteiger partial charge on any atom is 0.196 e. The molecule has 0 unspecified atom stereocenters. The number of pyridine rings is 1. The first-order valence-corrected chi connectivity index (χ1v) is 10.5. The lowest BCUT2D eigenvalue weighted by Crippen LogP contribution is -2.08. The van der Waals surface area contributed by atoms with Crippen molar-refractivity contribution in [1.29, 1.82) is 0 Å². The summed E-state index contributed by atoms with van der Waals surface area (Å²) < 4.78 is 18.0. The molecule has 6 nitrogen and oxygen atoms in total. The largest absolute Gasteiger partial charge is 0.488 e. The summed E-state index contributed by atoms with van der Waals surface area (Å²) in [5.41, 5.74) is 2.63. The lowest BCUT2D eigenvalue weighted by atomic mass is 10.1. The number of ether oxygens (including phenoxy) is 2. The molecule has 32 heavy (non-hydrogen) atoms. The van der Waals surface area contributed by atoms with Gasteiger partial charge in [-0.1, -0.05) is 44.2 Å². The number of fused-ring (bicyclic) bond motifs is 1. The maximum atomic E-state index is 12.9. The summed E-state index contributed by atoms with van der Waals surface area (Å²) in [6.07, 6.45) is 1.71. The number of aromatic nitrogens is 1. The summed E-state index contributed by atoms with van der Waals surface area (Å²) in [6, 6.07) is 18.0. The number of hydrogen-bond donors (Lipinski definition) is 1. The van der Waals surface area contributed by atoms with E-state index in [0.717, 1.165) is 16.8 Å². The molecule has 0 saturated carbocycles. The quantitative estimate of drug-likeness (QED) is 0.425. The van der Waals surface area contributed by atoms with Crippen molar-refractivity contribution in [2.24, 2.45) is 0 Å². The Morgan fingerprint density at radius 1 is 0.969 bits per heavy atom. The van der Waals surface area contributed by atoms with E-state index in [4.69, 9.17) is 13.9 Å². The van der Waals surface area contributed by atoms with Crippen molar-refractivity contribution in [3.8, 4) is 11.5 Å². The van der Waals surface area contributed by atoms with Gasteiger partial charge in [-0.2, -0.15) is 0 Å². The van der Waals surface area contributed by atoms with E-state index in [0.29, 0.717) is 28.2 Å². The van der Waals surface area contributed by atoms with Gasteiger partial charge in [0.25, 0.3) is 0 Å². The summed E-state index contributed by atoms with van der Waals surface area (Å²) in [5.74, 6) is 1.54. The molecule has 4 rings (SSSR count). The highest BCUT2D eigenvalue weighted by Crippen LogP contribution is 2.32. The molecule has 1 N–H and O–H groups in total. The molecule has 4 aromatic rings. The van der Waals surface area contributed by atoms with E-state index >= 15 is 0 Å². The molecule has 0 atom stereocenters. The summed E-state index contributed by atoms with van der Waals surface area (Å²) in [5, 5.41) is 9.95. The Kier molecular flexibility index (Phi) is 6.52. The van der Waals surface area contributed by atoms with Crippen LogP contribution in [0.5, 0.6) is 11.5 Å². The van der Waals surface area contributed by atoms with Gasteiger partial charge in [-0.3, -0.25) is 9.78 Å². The van der Waals surface area contributed by atoms with Gasteiger partial charge in [-0.05, 0) is 23.3 Å². The van der Waals surface area contributed by atoms with E-state index in [1.807, 2.05) is 56.3 Å². The molecule has 0 amide bonds. The molecule has 0 aliphatic heterocycles. The number of nitrogens with zero attached hydrogens (tertiary/aromatic N) is 1. The molecule has 0 saturated heterocycles. The van der Waals surface area contributed by atoms with Gasteiger partial charge in [-0.15, -0.1) is 0 Å². The average molecular weight is 431 g/mol. The third-order valence-corrected chi connectivity index (χ3v) is 5.14. The number of rotatable bonds is 8. The van der Waals surface area contributed by atoms with Crippen molar-refractivity contribution in [1.82, 2.24) is 4.98 Å². The molecular weight excluding hydrogens is 406 g/mol. The SMILES string of the molecule is CC(C)c1cc(=O)c2c(OCc3ccccc3CO)cc(OCc3ccccn3)cc2o1. The fourth-order valence-electron chi connectivity index (χ4n) is 3.38. The number of benzene rings is 2. The van der Waals surface area contributed by atoms with Gasteiger partial charge in [0.2, 0.25) is 0 Å². The maximum absolute atomic E-state index is 12.9. The second-order valence-corrected chi connectivity index (χ2v) is 7.79. The van der Waals surface area contributed by atoms with Crippen LogP contribution in [-0.2, 0) is 19.8 Å². The highest BCUT2D eigenvalue weighted by atomic mass is 16.5. The normalized spacial score (nSPS) is 11.1. The Labute approximate surface area is 186 Å². The molecular formula is C26H25NO5. The Hall–Kier alpha value is -3.64. The summed E-state index contributed by atoms with van der Waals surface area (Å²) in [6.45, 7) is 4.31. The topological polar surface area (TPSA) is 81.8 Å². The summed E-state index contributed by atoms with van der Waals surface area (Å²) in [4.78, 5) is 17.2. The number of aliphatic hydroxyl groups is 1. The summed E-state index contributed by atoms with van der Waals surface area (Å²) in [7, 11) is 0. The molecule has 0 spiro atoms. The van der Waals surface area contributed by atoms with Crippen LogP contribution in [0.2, 0.25) is 0 Å². The van der Waals surface area contributed by atoms with Gasteiger partial charge < -0.3 is 19.0 Å². The van der Waals surface area contributed by atoms with Crippen molar-refractivity contribution in [2.75, 3.05) is 0 Å². The molecule has 2 aromatic heterocycles. The number of hydrogen-bond acceptors (Lipinski definition) is 6. The fourth-order valence-corrected chi connectivity index (χ4v) is 3.38. The van der Waals surface area contributed by atoms with E-state index in [-0.39, 0.29) is 31.2 Å². The average Bonchev–Trinajstić information content (AvgIpc) is 2.81. The van der Waals surface area contributed by atoms with Crippen molar-refractivity contribution in [2.45, 2.75) is 39.6 Å². The highest BCUT2D eigenvalue weighted by molar-refractivity contribution is 5.85. The van der Waals surface area contributed by atoms with Crippen molar-refractivity contribution < 1.29 is 19.0 Å². The minimum Gasteiger partial charge on any atom is -0.488 e. The van der Waals surface area contributed by atoms with Gasteiger partial charge in [0.05, 0.1) is 12.3 Å². The Morgan fingerprint density at radius 2 is 1.75 bits per heavy atom. The molecule has 0 aliphatic rings. The molecule has 6 heteroatoms. The van der Waals surface area contributed by atoms with Crippen molar-refractivity contribution in [3.63, 3.8) is 0 Å². The first-order valence-electron chi connectivity index (χ1n) is 10.5. The molecule has 2 aromatic carbocycles. The van der Waals surface area contributed by atoms with Crippen LogP contribution < -0.4 is 14.9 Å². The first kappa shape index (κ1) is 21.6. The van der Waals surface area contributed by atoms with Gasteiger partial charge >= 0.3 is 0 Å². The Bertz CT molecular complexity index is 1260. The molecule has 0 aliphatic carbocycles. The van der Waals surface area contributed by atoms with Crippen LogP contribution in [0.4, 0.5) is 0 Å². The zero-order valence-electron chi connectivity index (χ0n) is 18.1.